The van der Waals surface area contributed by atoms with Crippen LogP contribution < -0.4 is 10.6 Å². The van der Waals surface area contributed by atoms with E-state index in [0.29, 0.717) is 32.3 Å². The molecule has 0 fully saturated rings. The number of rotatable bonds is 7. The highest BCUT2D eigenvalue weighted by molar-refractivity contribution is 7.90. The molecule has 6 nitrogen and oxygen atoms in total. The summed E-state index contributed by atoms with van der Waals surface area (Å²) in [5.74, 6) is 0.683. The fourth-order valence-electron chi connectivity index (χ4n) is 0.961. The van der Waals surface area contributed by atoms with Gasteiger partial charge in [0.2, 0.25) is 0 Å². The zero-order valence-corrected chi connectivity index (χ0v) is 10.9. The van der Waals surface area contributed by atoms with Crippen molar-refractivity contribution in [2.45, 2.75) is 6.92 Å². The smallest absolute Gasteiger partial charge is 0.191 e. The number of ether oxygens (including phenoxy) is 1. The average Bonchev–Trinajstić information content (AvgIpc) is 2.20. The Hall–Kier alpha value is -0.820. The summed E-state index contributed by atoms with van der Waals surface area (Å²) in [4.78, 5) is 3.95. The van der Waals surface area contributed by atoms with Crippen LogP contribution in [-0.4, -0.2) is 59.7 Å². The first-order chi connectivity index (χ1) is 7.49. The van der Waals surface area contributed by atoms with Crippen molar-refractivity contribution in [3.05, 3.63) is 0 Å². The second-order valence-electron chi connectivity index (χ2n) is 3.25. The lowest BCUT2D eigenvalue weighted by atomic mass is 10.6. The minimum Gasteiger partial charge on any atom is -0.380 e. The third-order valence-electron chi connectivity index (χ3n) is 1.73. The molecule has 0 radical (unpaired) electrons. The van der Waals surface area contributed by atoms with Crippen LogP contribution >= 0.6 is 0 Å². The van der Waals surface area contributed by atoms with Gasteiger partial charge in [-0.15, -0.1) is 0 Å². The Bertz CT molecular complexity index is 301. The first-order valence-electron chi connectivity index (χ1n) is 5.19. The van der Waals surface area contributed by atoms with Crippen LogP contribution in [0.2, 0.25) is 0 Å². The van der Waals surface area contributed by atoms with Crippen LogP contribution in [0.4, 0.5) is 0 Å². The normalized spacial score (nSPS) is 12.6. The predicted octanol–water partition coefficient (Wildman–Crippen LogP) is -0.767. The van der Waals surface area contributed by atoms with Crippen LogP contribution in [-0.2, 0) is 14.6 Å². The minimum atomic E-state index is -2.93. The average molecular weight is 251 g/mol. The Morgan fingerprint density at radius 1 is 1.31 bits per heavy atom. The molecule has 0 saturated heterocycles. The zero-order chi connectivity index (χ0) is 12.4. The number of aliphatic imine (C=N–C) groups is 1. The van der Waals surface area contributed by atoms with Gasteiger partial charge in [0.05, 0.1) is 12.4 Å². The Morgan fingerprint density at radius 3 is 2.44 bits per heavy atom. The van der Waals surface area contributed by atoms with E-state index in [1.54, 1.807) is 7.05 Å². The third-order valence-corrected chi connectivity index (χ3v) is 2.68. The number of nitrogens with one attached hydrogen (secondary N) is 2. The lowest BCUT2D eigenvalue weighted by molar-refractivity contribution is 0.152. The SMILES string of the molecule is CCOCCNC(=NC)NCCS(C)(=O)=O. The maximum absolute atomic E-state index is 10.9. The van der Waals surface area contributed by atoms with Crippen LogP contribution in [0.1, 0.15) is 6.92 Å². The monoisotopic (exact) mass is 251 g/mol. The molecule has 96 valence electrons. The van der Waals surface area contributed by atoms with E-state index in [2.05, 4.69) is 15.6 Å². The van der Waals surface area contributed by atoms with Crippen LogP contribution in [0.5, 0.6) is 0 Å². The van der Waals surface area contributed by atoms with Crippen molar-refractivity contribution in [3.8, 4) is 0 Å². The fourth-order valence-corrected chi connectivity index (χ4v) is 1.43. The van der Waals surface area contributed by atoms with Gasteiger partial charge < -0.3 is 15.4 Å². The molecule has 0 spiro atoms. The van der Waals surface area contributed by atoms with E-state index in [0.717, 1.165) is 0 Å². The van der Waals surface area contributed by atoms with Gasteiger partial charge in [-0.2, -0.15) is 0 Å². The molecule has 0 amide bonds. The minimum absolute atomic E-state index is 0.0964. The van der Waals surface area contributed by atoms with E-state index in [1.165, 1.54) is 6.26 Å². The molecule has 0 rings (SSSR count). The summed E-state index contributed by atoms with van der Waals surface area (Å²) in [7, 11) is -1.29. The predicted molar refractivity (Wildman–Crippen MR) is 65.6 cm³/mol. The molecule has 0 aromatic carbocycles. The first kappa shape index (κ1) is 15.2. The van der Waals surface area contributed by atoms with Gasteiger partial charge in [0, 0.05) is 33.0 Å². The van der Waals surface area contributed by atoms with Crippen molar-refractivity contribution < 1.29 is 13.2 Å². The highest BCUT2D eigenvalue weighted by atomic mass is 32.2. The summed E-state index contributed by atoms with van der Waals surface area (Å²) in [6.07, 6.45) is 1.21. The highest BCUT2D eigenvalue weighted by Gasteiger charge is 2.02. The molecule has 0 aliphatic rings. The zero-order valence-electron chi connectivity index (χ0n) is 10.1. The number of sulfone groups is 1. The van der Waals surface area contributed by atoms with E-state index in [4.69, 9.17) is 4.74 Å². The molecule has 0 aromatic rings. The molecule has 0 atom stereocenters. The molecule has 0 heterocycles. The third kappa shape index (κ3) is 9.72. The molecule has 0 unspecified atom stereocenters. The van der Waals surface area contributed by atoms with Gasteiger partial charge >= 0.3 is 0 Å². The van der Waals surface area contributed by atoms with Gasteiger partial charge in [-0.25, -0.2) is 8.42 Å². The molecule has 0 aliphatic carbocycles. The van der Waals surface area contributed by atoms with Gasteiger partial charge in [0.1, 0.15) is 9.84 Å². The van der Waals surface area contributed by atoms with Crippen LogP contribution in [0.3, 0.4) is 0 Å². The van der Waals surface area contributed by atoms with E-state index in [1.807, 2.05) is 6.92 Å². The second-order valence-corrected chi connectivity index (χ2v) is 5.51. The lowest BCUT2D eigenvalue weighted by Crippen LogP contribution is -2.40. The summed E-state index contributed by atoms with van der Waals surface area (Å²) in [6, 6.07) is 0. The lowest BCUT2D eigenvalue weighted by Gasteiger charge is -2.11. The van der Waals surface area contributed by atoms with Gasteiger partial charge in [-0.05, 0) is 6.92 Å². The van der Waals surface area contributed by atoms with Crippen LogP contribution in [0.25, 0.3) is 0 Å². The van der Waals surface area contributed by atoms with Gasteiger partial charge in [-0.1, -0.05) is 0 Å². The molecular weight excluding hydrogens is 230 g/mol. The Morgan fingerprint density at radius 2 is 1.94 bits per heavy atom. The Labute approximate surface area is 97.4 Å². The van der Waals surface area contributed by atoms with Crippen molar-refractivity contribution in [1.29, 1.82) is 0 Å². The molecule has 0 aromatic heterocycles. The van der Waals surface area contributed by atoms with E-state index < -0.39 is 9.84 Å². The number of nitrogens with zero attached hydrogens (tertiary/aromatic N) is 1. The molecule has 2 N–H and O–H groups in total. The van der Waals surface area contributed by atoms with Gasteiger partial charge in [-0.3, -0.25) is 4.99 Å². The Kier molecular flexibility index (Phi) is 7.92. The van der Waals surface area contributed by atoms with Crippen molar-refractivity contribution in [2.75, 3.05) is 45.4 Å². The topological polar surface area (TPSA) is 79.8 Å². The van der Waals surface area contributed by atoms with E-state index >= 15 is 0 Å². The van der Waals surface area contributed by atoms with Crippen molar-refractivity contribution >= 4 is 15.8 Å². The largest absolute Gasteiger partial charge is 0.380 e. The van der Waals surface area contributed by atoms with Crippen molar-refractivity contribution in [3.63, 3.8) is 0 Å². The summed E-state index contributed by atoms with van der Waals surface area (Å²) >= 11 is 0. The summed E-state index contributed by atoms with van der Waals surface area (Å²) in [6.45, 7) is 4.21. The number of hydrogen-bond donors (Lipinski definition) is 2. The number of hydrogen-bond acceptors (Lipinski definition) is 4. The highest BCUT2D eigenvalue weighted by Crippen LogP contribution is 1.80. The Balaban J connectivity index is 3.69. The maximum Gasteiger partial charge on any atom is 0.191 e. The molecule has 0 aliphatic heterocycles. The summed E-state index contributed by atoms with van der Waals surface area (Å²) < 4.78 is 26.9. The summed E-state index contributed by atoms with van der Waals surface area (Å²) in [5, 5.41) is 5.92. The van der Waals surface area contributed by atoms with Crippen LogP contribution in [0.15, 0.2) is 4.99 Å². The molecule has 7 heteroatoms. The molecule has 0 saturated carbocycles. The van der Waals surface area contributed by atoms with Crippen molar-refractivity contribution in [1.82, 2.24) is 10.6 Å². The van der Waals surface area contributed by atoms with E-state index in [-0.39, 0.29) is 5.75 Å². The molecular formula is C9H21N3O3S. The second kappa shape index (κ2) is 8.35. The fraction of sp³-hybridized carbons (Fsp3) is 0.889. The first-order valence-corrected chi connectivity index (χ1v) is 7.25. The van der Waals surface area contributed by atoms with Gasteiger partial charge in [0.15, 0.2) is 5.96 Å². The van der Waals surface area contributed by atoms with Crippen LogP contribution in [0, 0.1) is 0 Å². The quantitative estimate of drug-likeness (QED) is 0.353. The molecule has 16 heavy (non-hydrogen) atoms. The van der Waals surface area contributed by atoms with Crippen molar-refractivity contribution in [2.24, 2.45) is 4.99 Å². The standard InChI is InChI=1S/C9H21N3O3S/c1-4-15-7-5-11-9(10-2)12-6-8-16(3,13)14/h4-8H2,1-3H3,(H2,10,11,12). The summed E-state index contributed by atoms with van der Waals surface area (Å²) in [5.41, 5.74) is 0. The number of guanidine groups is 1. The van der Waals surface area contributed by atoms with E-state index in [9.17, 15) is 8.42 Å². The maximum atomic E-state index is 10.9. The van der Waals surface area contributed by atoms with Gasteiger partial charge in [0.25, 0.3) is 0 Å². The molecule has 0 bridgehead atoms.